The van der Waals surface area contributed by atoms with Gasteiger partial charge in [-0.2, -0.15) is 0 Å². The Morgan fingerprint density at radius 3 is 2.89 bits per heavy atom. The van der Waals surface area contributed by atoms with Crippen LogP contribution < -0.4 is 0 Å². The summed E-state index contributed by atoms with van der Waals surface area (Å²) < 4.78 is 25.1. The summed E-state index contributed by atoms with van der Waals surface area (Å²) in [5.41, 5.74) is 0. The average Bonchev–Trinajstić information content (AvgIpc) is 1.90. The molecular weight excluding hydrogens is 140 g/mol. The SMILES string of the molecule is O=S([O-])C1=CCOC=C1. The van der Waals surface area contributed by atoms with Gasteiger partial charge in [0.05, 0.1) is 6.26 Å². The maximum absolute atomic E-state index is 10.2. The Bertz CT molecular complexity index is 183. The van der Waals surface area contributed by atoms with Gasteiger partial charge in [0.1, 0.15) is 6.61 Å². The molecule has 0 aromatic heterocycles. The fourth-order valence-corrected chi connectivity index (χ4v) is 0.863. The van der Waals surface area contributed by atoms with Gasteiger partial charge in [0, 0.05) is 4.91 Å². The second-order valence-electron chi connectivity index (χ2n) is 1.48. The molecule has 0 aromatic rings. The van der Waals surface area contributed by atoms with Crippen LogP contribution in [0.2, 0.25) is 0 Å². The van der Waals surface area contributed by atoms with E-state index < -0.39 is 11.1 Å². The van der Waals surface area contributed by atoms with E-state index in [0.717, 1.165) is 0 Å². The van der Waals surface area contributed by atoms with Gasteiger partial charge in [-0.25, -0.2) is 0 Å². The highest BCUT2D eigenvalue weighted by molar-refractivity contribution is 7.83. The lowest BCUT2D eigenvalue weighted by molar-refractivity contribution is 0.285. The number of allylic oxidation sites excluding steroid dienone is 1. The van der Waals surface area contributed by atoms with Crippen LogP contribution in [-0.4, -0.2) is 15.4 Å². The van der Waals surface area contributed by atoms with Gasteiger partial charge in [-0.1, -0.05) is 0 Å². The van der Waals surface area contributed by atoms with E-state index in [1.807, 2.05) is 0 Å². The first kappa shape index (κ1) is 6.51. The van der Waals surface area contributed by atoms with Crippen LogP contribution >= 0.6 is 0 Å². The lowest BCUT2D eigenvalue weighted by Gasteiger charge is -2.09. The summed E-state index contributed by atoms with van der Waals surface area (Å²) in [6.45, 7) is 0.347. The minimum Gasteiger partial charge on any atom is -0.768 e. The van der Waals surface area contributed by atoms with E-state index in [2.05, 4.69) is 0 Å². The lowest BCUT2D eigenvalue weighted by Crippen LogP contribution is -1.97. The van der Waals surface area contributed by atoms with Crippen molar-refractivity contribution < 1.29 is 13.5 Å². The van der Waals surface area contributed by atoms with Crippen molar-refractivity contribution in [2.45, 2.75) is 0 Å². The monoisotopic (exact) mass is 145 g/mol. The van der Waals surface area contributed by atoms with Crippen molar-refractivity contribution in [3.8, 4) is 0 Å². The maximum atomic E-state index is 10.2. The van der Waals surface area contributed by atoms with Gasteiger partial charge in [-0.05, 0) is 23.2 Å². The predicted octanol–water partition coefficient (Wildman–Crippen LogP) is 0.293. The molecule has 0 amide bonds. The Morgan fingerprint density at radius 1 is 1.78 bits per heavy atom. The second-order valence-corrected chi connectivity index (χ2v) is 2.42. The predicted molar refractivity (Wildman–Crippen MR) is 32.1 cm³/mol. The third-order valence-electron chi connectivity index (χ3n) is 0.902. The molecule has 3 nitrogen and oxygen atoms in total. The van der Waals surface area contributed by atoms with Crippen molar-refractivity contribution in [3.05, 3.63) is 23.3 Å². The largest absolute Gasteiger partial charge is 0.768 e. The zero-order valence-corrected chi connectivity index (χ0v) is 5.39. The van der Waals surface area contributed by atoms with E-state index in [9.17, 15) is 8.76 Å². The zero-order valence-electron chi connectivity index (χ0n) is 4.57. The third kappa shape index (κ3) is 1.65. The fraction of sp³-hybridized carbons (Fsp3) is 0.200. The van der Waals surface area contributed by atoms with E-state index in [1.54, 1.807) is 0 Å². The molecule has 0 aliphatic carbocycles. The second kappa shape index (κ2) is 2.80. The topological polar surface area (TPSA) is 49.4 Å². The molecular formula is C5H5O3S-. The van der Waals surface area contributed by atoms with E-state index in [1.165, 1.54) is 18.4 Å². The quantitative estimate of drug-likeness (QED) is 0.498. The number of ether oxygens (including phenoxy) is 1. The van der Waals surface area contributed by atoms with Crippen LogP contribution in [-0.2, 0) is 15.8 Å². The van der Waals surface area contributed by atoms with Gasteiger partial charge in [0.25, 0.3) is 0 Å². The Hall–Kier alpha value is -0.610. The highest BCUT2D eigenvalue weighted by Gasteiger charge is 1.94. The molecule has 1 aliphatic heterocycles. The van der Waals surface area contributed by atoms with E-state index in [4.69, 9.17) is 4.74 Å². The molecule has 4 heteroatoms. The minimum atomic E-state index is -2.11. The molecule has 0 saturated carbocycles. The van der Waals surface area contributed by atoms with Crippen molar-refractivity contribution in [3.63, 3.8) is 0 Å². The Balaban J connectivity index is 2.69. The van der Waals surface area contributed by atoms with Crippen LogP contribution in [0.1, 0.15) is 0 Å². The van der Waals surface area contributed by atoms with E-state index >= 15 is 0 Å². The summed E-state index contributed by atoms with van der Waals surface area (Å²) in [4.78, 5) is 0.293. The van der Waals surface area contributed by atoms with Crippen LogP contribution in [0.15, 0.2) is 23.3 Å². The molecule has 0 aromatic carbocycles. The Labute approximate surface area is 55.3 Å². The highest BCUT2D eigenvalue weighted by atomic mass is 32.2. The summed E-state index contributed by atoms with van der Waals surface area (Å²) in [5, 5.41) is 0. The smallest absolute Gasteiger partial charge is 0.107 e. The molecule has 1 atom stereocenters. The van der Waals surface area contributed by atoms with Crippen molar-refractivity contribution in [2.24, 2.45) is 0 Å². The number of rotatable bonds is 1. The zero-order chi connectivity index (χ0) is 6.69. The van der Waals surface area contributed by atoms with Crippen molar-refractivity contribution >= 4 is 11.1 Å². The summed E-state index contributed by atoms with van der Waals surface area (Å²) >= 11 is -2.11. The first-order chi connectivity index (χ1) is 4.30. The van der Waals surface area contributed by atoms with Crippen molar-refractivity contribution in [2.75, 3.05) is 6.61 Å². The van der Waals surface area contributed by atoms with Crippen LogP contribution in [0.3, 0.4) is 0 Å². The molecule has 9 heavy (non-hydrogen) atoms. The van der Waals surface area contributed by atoms with Crippen LogP contribution in [0.25, 0.3) is 0 Å². The van der Waals surface area contributed by atoms with E-state index in [-0.39, 0.29) is 0 Å². The highest BCUT2D eigenvalue weighted by Crippen LogP contribution is 2.05. The first-order valence-corrected chi connectivity index (χ1v) is 3.46. The van der Waals surface area contributed by atoms with Crippen molar-refractivity contribution in [1.29, 1.82) is 0 Å². The van der Waals surface area contributed by atoms with Gasteiger partial charge < -0.3 is 9.29 Å². The Kier molecular flexibility index (Phi) is 2.02. The lowest BCUT2D eigenvalue weighted by atomic mass is 10.4. The molecule has 0 fully saturated rings. The fourth-order valence-electron chi connectivity index (χ4n) is 0.493. The van der Waals surface area contributed by atoms with Gasteiger partial charge in [-0.15, -0.1) is 0 Å². The molecule has 1 aliphatic rings. The molecule has 1 heterocycles. The standard InChI is InChI=1S/C5H6O3S/c6-9(7)5-1-3-8-4-2-5/h1-3H,4H2,(H,6,7)/p-1. The van der Waals surface area contributed by atoms with Crippen LogP contribution in [0, 0.1) is 0 Å². The number of hydrogen-bond acceptors (Lipinski definition) is 3. The van der Waals surface area contributed by atoms with Crippen LogP contribution in [0.4, 0.5) is 0 Å². The average molecular weight is 145 g/mol. The first-order valence-electron chi connectivity index (χ1n) is 2.38. The summed E-state index contributed by atoms with van der Waals surface area (Å²) in [7, 11) is 0. The van der Waals surface area contributed by atoms with Gasteiger partial charge >= 0.3 is 0 Å². The molecule has 0 radical (unpaired) electrons. The van der Waals surface area contributed by atoms with Gasteiger partial charge in [0.2, 0.25) is 0 Å². The van der Waals surface area contributed by atoms with Gasteiger partial charge in [0.15, 0.2) is 0 Å². The van der Waals surface area contributed by atoms with E-state index in [0.29, 0.717) is 11.5 Å². The molecule has 1 unspecified atom stereocenters. The molecule has 50 valence electrons. The minimum absolute atomic E-state index is 0.293. The van der Waals surface area contributed by atoms with Crippen molar-refractivity contribution in [1.82, 2.24) is 0 Å². The van der Waals surface area contributed by atoms with Crippen LogP contribution in [0.5, 0.6) is 0 Å². The summed E-state index contributed by atoms with van der Waals surface area (Å²) in [6.07, 6.45) is 4.28. The normalized spacial score (nSPS) is 20.3. The molecule has 1 rings (SSSR count). The maximum Gasteiger partial charge on any atom is 0.107 e. The van der Waals surface area contributed by atoms with Gasteiger partial charge in [-0.3, -0.25) is 4.21 Å². The molecule has 0 N–H and O–H groups in total. The summed E-state index contributed by atoms with van der Waals surface area (Å²) in [5.74, 6) is 0. The summed E-state index contributed by atoms with van der Waals surface area (Å²) in [6, 6.07) is 0. The molecule has 0 spiro atoms. The number of hydrogen-bond donors (Lipinski definition) is 0. The Morgan fingerprint density at radius 2 is 2.56 bits per heavy atom. The molecule has 0 saturated heterocycles. The molecule has 0 bridgehead atoms. The third-order valence-corrected chi connectivity index (χ3v) is 1.59.